The van der Waals surface area contributed by atoms with Crippen molar-refractivity contribution in [3.05, 3.63) is 17.5 Å². The summed E-state index contributed by atoms with van der Waals surface area (Å²) >= 11 is 0. The van der Waals surface area contributed by atoms with E-state index in [1.165, 1.54) is 0 Å². The lowest BCUT2D eigenvalue weighted by atomic mass is 10.2. The fraction of sp³-hybridized carbons (Fsp3) is 0.692. The molecule has 1 aliphatic carbocycles. The Morgan fingerprint density at radius 2 is 2.33 bits per heavy atom. The first kappa shape index (κ1) is 13.1. The molecule has 1 N–H and O–H groups in total. The summed E-state index contributed by atoms with van der Waals surface area (Å²) in [5, 5.41) is 14.1. The molecule has 1 amide bonds. The summed E-state index contributed by atoms with van der Waals surface area (Å²) in [5.74, 6) is 0.315. The third-order valence-electron chi connectivity index (χ3n) is 3.39. The van der Waals surface area contributed by atoms with Crippen LogP contribution in [0.5, 0.6) is 0 Å². The van der Waals surface area contributed by atoms with Crippen LogP contribution < -0.4 is 0 Å². The second kappa shape index (κ2) is 5.10. The quantitative estimate of drug-likeness (QED) is 0.851. The lowest BCUT2D eigenvalue weighted by Crippen LogP contribution is -2.36. The number of hydrogen-bond acceptors (Lipinski definition) is 3. The van der Waals surface area contributed by atoms with E-state index >= 15 is 0 Å². The van der Waals surface area contributed by atoms with Crippen molar-refractivity contribution in [2.45, 2.75) is 39.3 Å². The fourth-order valence-electron chi connectivity index (χ4n) is 2.15. The summed E-state index contributed by atoms with van der Waals surface area (Å²) in [6, 6.07) is 1.80. The summed E-state index contributed by atoms with van der Waals surface area (Å²) in [6.07, 6.45) is 1.77. The molecule has 0 radical (unpaired) electrons. The van der Waals surface area contributed by atoms with E-state index in [1.54, 1.807) is 22.7 Å². The second-order valence-electron chi connectivity index (χ2n) is 5.08. The highest BCUT2D eigenvalue weighted by atomic mass is 16.3. The number of aliphatic hydroxyl groups is 1. The average Bonchev–Trinajstić information content (AvgIpc) is 3.11. The van der Waals surface area contributed by atoms with Gasteiger partial charge in [0.1, 0.15) is 5.69 Å². The van der Waals surface area contributed by atoms with E-state index in [1.807, 2.05) is 13.8 Å². The SMILES string of the molecule is CCn1nc(C)cc1C(=O)N(C)CC(O)C1CC1. The van der Waals surface area contributed by atoms with Crippen LogP contribution in [0, 0.1) is 12.8 Å². The maximum atomic E-state index is 12.3. The van der Waals surface area contributed by atoms with Crippen LogP contribution >= 0.6 is 0 Å². The minimum Gasteiger partial charge on any atom is -0.391 e. The number of likely N-dealkylation sites (N-methyl/N-ethyl adjacent to an activating group) is 1. The molecule has 5 nitrogen and oxygen atoms in total. The van der Waals surface area contributed by atoms with E-state index in [4.69, 9.17) is 0 Å². The minimum absolute atomic E-state index is 0.0721. The largest absolute Gasteiger partial charge is 0.391 e. The van der Waals surface area contributed by atoms with Crippen LogP contribution in [-0.4, -0.2) is 45.4 Å². The van der Waals surface area contributed by atoms with Crippen molar-refractivity contribution in [1.82, 2.24) is 14.7 Å². The lowest BCUT2D eigenvalue weighted by molar-refractivity contribution is 0.0634. The van der Waals surface area contributed by atoms with Crippen LogP contribution in [0.4, 0.5) is 0 Å². The third kappa shape index (κ3) is 2.72. The van der Waals surface area contributed by atoms with Crippen molar-refractivity contribution in [2.24, 2.45) is 5.92 Å². The van der Waals surface area contributed by atoms with Gasteiger partial charge in [-0.05, 0) is 38.7 Å². The Labute approximate surface area is 107 Å². The Bertz CT molecular complexity index is 437. The van der Waals surface area contributed by atoms with Crippen molar-refractivity contribution < 1.29 is 9.90 Å². The molecule has 1 fully saturated rings. The maximum absolute atomic E-state index is 12.3. The van der Waals surface area contributed by atoms with Crippen LogP contribution in [0.3, 0.4) is 0 Å². The number of carbonyl (C=O) groups is 1. The van der Waals surface area contributed by atoms with Crippen LogP contribution in [0.1, 0.15) is 35.9 Å². The van der Waals surface area contributed by atoms with Gasteiger partial charge in [-0.1, -0.05) is 0 Å². The van der Waals surface area contributed by atoms with E-state index in [2.05, 4.69) is 5.10 Å². The molecule has 0 spiro atoms. The van der Waals surface area contributed by atoms with Crippen molar-refractivity contribution in [1.29, 1.82) is 0 Å². The molecule has 0 aromatic carbocycles. The normalized spacial score (nSPS) is 16.7. The standard InChI is InChI=1S/C13H21N3O2/c1-4-16-11(7-9(2)14-16)13(18)15(3)8-12(17)10-5-6-10/h7,10,12,17H,4-6,8H2,1-3H3. The Kier molecular flexibility index (Phi) is 3.71. The smallest absolute Gasteiger partial charge is 0.271 e. The molecule has 1 atom stereocenters. The molecule has 2 rings (SSSR count). The molecular weight excluding hydrogens is 230 g/mol. The van der Waals surface area contributed by atoms with Crippen LogP contribution in [0.15, 0.2) is 6.07 Å². The molecule has 1 unspecified atom stereocenters. The Balaban J connectivity index is 2.04. The lowest BCUT2D eigenvalue weighted by Gasteiger charge is -2.20. The first-order chi connectivity index (χ1) is 8.52. The topological polar surface area (TPSA) is 58.4 Å². The molecule has 1 saturated carbocycles. The number of rotatable bonds is 5. The van der Waals surface area contributed by atoms with Gasteiger partial charge in [-0.2, -0.15) is 5.10 Å². The van der Waals surface area contributed by atoms with Gasteiger partial charge in [-0.3, -0.25) is 9.48 Å². The summed E-state index contributed by atoms with van der Waals surface area (Å²) < 4.78 is 1.71. The number of nitrogens with zero attached hydrogens (tertiary/aromatic N) is 3. The van der Waals surface area contributed by atoms with Crippen molar-refractivity contribution in [3.8, 4) is 0 Å². The summed E-state index contributed by atoms with van der Waals surface area (Å²) in [7, 11) is 1.73. The van der Waals surface area contributed by atoms with Crippen LogP contribution in [0.2, 0.25) is 0 Å². The van der Waals surface area contributed by atoms with Gasteiger partial charge in [0.05, 0.1) is 11.8 Å². The van der Waals surface area contributed by atoms with E-state index < -0.39 is 6.10 Å². The predicted octanol–water partition coefficient (Wildman–Crippen LogP) is 1.05. The van der Waals surface area contributed by atoms with Gasteiger partial charge in [0, 0.05) is 20.1 Å². The molecule has 18 heavy (non-hydrogen) atoms. The van der Waals surface area contributed by atoms with Gasteiger partial charge in [0.2, 0.25) is 0 Å². The Hall–Kier alpha value is -1.36. The highest BCUT2D eigenvalue weighted by Gasteiger charge is 2.31. The number of aryl methyl sites for hydroxylation is 2. The Morgan fingerprint density at radius 3 is 2.89 bits per heavy atom. The Morgan fingerprint density at radius 1 is 1.67 bits per heavy atom. The third-order valence-corrected chi connectivity index (χ3v) is 3.39. The monoisotopic (exact) mass is 251 g/mol. The molecule has 1 aromatic rings. The highest BCUT2D eigenvalue weighted by molar-refractivity contribution is 5.92. The molecule has 0 bridgehead atoms. The molecule has 1 heterocycles. The molecule has 100 valence electrons. The van der Waals surface area contributed by atoms with E-state index in [0.29, 0.717) is 24.7 Å². The zero-order chi connectivity index (χ0) is 13.3. The zero-order valence-electron chi connectivity index (χ0n) is 11.3. The maximum Gasteiger partial charge on any atom is 0.271 e. The number of aromatic nitrogens is 2. The van der Waals surface area contributed by atoms with Gasteiger partial charge in [0.25, 0.3) is 5.91 Å². The van der Waals surface area contributed by atoms with Gasteiger partial charge in [-0.15, -0.1) is 0 Å². The van der Waals surface area contributed by atoms with E-state index in [9.17, 15) is 9.90 Å². The number of carbonyl (C=O) groups excluding carboxylic acids is 1. The molecule has 0 saturated heterocycles. The zero-order valence-corrected chi connectivity index (χ0v) is 11.3. The van der Waals surface area contributed by atoms with Gasteiger partial charge in [-0.25, -0.2) is 0 Å². The van der Waals surface area contributed by atoms with Crippen molar-refractivity contribution >= 4 is 5.91 Å². The van der Waals surface area contributed by atoms with Crippen molar-refractivity contribution in [2.75, 3.05) is 13.6 Å². The average molecular weight is 251 g/mol. The number of amides is 1. The first-order valence-corrected chi connectivity index (χ1v) is 6.51. The van der Waals surface area contributed by atoms with Crippen LogP contribution in [-0.2, 0) is 6.54 Å². The van der Waals surface area contributed by atoms with Crippen LogP contribution in [0.25, 0.3) is 0 Å². The molecular formula is C13H21N3O2. The molecule has 1 aliphatic rings. The molecule has 0 aliphatic heterocycles. The number of hydrogen-bond donors (Lipinski definition) is 1. The van der Waals surface area contributed by atoms with E-state index in [0.717, 1.165) is 18.5 Å². The minimum atomic E-state index is -0.391. The summed E-state index contributed by atoms with van der Waals surface area (Å²) in [6.45, 7) is 4.91. The van der Waals surface area contributed by atoms with Crippen molar-refractivity contribution in [3.63, 3.8) is 0 Å². The summed E-state index contributed by atoms with van der Waals surface area (Å²) in [5.41, 5.74) is 1.44. The van der Waals surface area contributed by atoms with Gasteiger partial charge >= 0.3 is 0 Å². The molecule has 1 aromatic heterocycles. The van der Waals surface area contributed by atoms with E-state index in [-0.39, 0.29) is 5.91 Å². The summed E-state index contributed by atoms with van der Waals surface area (Å²) in [4.78, 5) is 13.9. The number of aliphatic hydroxyl groups excluding tert-OH is 1. The predicted molar refractivity (Wildman–Crippen MR) is 68.3 cm³/mol. The second-order valence-corrected chi connectivity index (χ2v) is 5.08. The van der Waals surface area contributed by atoms with Gasteiger partial charge in [0.15, 0.2) is 0 Å². The van der Waals surface area contributed by atoms with Gasteiger partial charge < -0.3 is 10.0 Å². The fourth-order valence-corrected chi connectivity index (χ4v) is 2.15. The highest BCUT2D eigenvalue weighted by Crippen LogP contribution is 2.32. The molecule has 5 heteroatoms. The first-order valence-electron chi connectivity index (χ1n) is 6.51.